The Bertz CT molecular complexity index is 862. The molecule has 2 amide bonds. The molecule has 0 aliphatic carbocycles. The first-order chi connectivity index (χ1) is 12.5. The lowest BCUT2D eigenvalue weighted by Gasteiger charge is -2.19. The quantitative estimate of drug-likeness (QED) is 0.715. The first kappa shape index (κ1) is 18.2. The lowest BCUT2D eigenvalue weighted by Crippen LogP contribution is -3.08. The highest BCUT2D eigenvalue weighted by molar-refractivity contribution is 7.17. The number of amides is 2. The molecule has 0 bridgehead atoms. The minimum Gasteiger partial charge on any atom is -0.493 e. The molecule has 0 saturated carbocycles. The highest BCUT2D eigenvalue weighted by Gasteiger charge is 2.29. The number of thiophene rings is 1. The van der Waals surface area contributed by atoms with Crippen LogP contribution in [0, 0.1) is 0 Å². The molecule has 1 aromatic carbocycles. The van der Waals surface area contributed by atoms with Crippen LogP contribution in [0.15, 0.2) is 18.2 Å². The summed E-state index contributed by atoms with van der Waals surface area (Å²) in [5.41, 5.74) is 7.31. The number of rotatable bonds is 5. The van der Waals surface area contributed by atoms with Crippen LogP contribution in [0.25, 0.3) is 0 Å². The number of ether oxygens (including phenoxy) is 2. The summed E-state index contributed by atoms with van der Waals surface area (Å²) in [5, 5.41) is 3.33. The van der Waals surface area contributed by atoms with Crippen molar-refractivity contribution in [3.8, 4) is 11.5 Å². The third-order valence-electron chi connectivity index (χ3n) is 4.48. The summed E-state index contributed by atoms with van der Waals surface area (Å²) in [5.74, 6) is -0.0814. The molecular formula is C18H22N3O4S+. The molecule has 138 valence electrons. The monoisotopic (exact) mass is 376 g/mol. The number of quaternary nitrogens is 1. The van der Waals surface area contributed by atoms with Crippen molar-refractivity contribution in [3.05, 3.63) is 39.8 Å². The Morgan fingerprint density at radius 2 is 2.04 bits per heavy atom. The number of anilines is 1. The minimum atomic E-state index is -0.519. The number of primary amides is 1. The number of nitrogens with two attached hydrogens (primary N) is 1. The smallest absolute Gasteiger partial charge is 0.260 e. The average molecular weight is 376 g/mol. The van der Waals surface area contributed by atoms with Gasteiger partial charge in [-0.05, 0) is 17.7 Å². The second-order valence-electron chi connectivity index (χ2n) is 6.20. The number of nitrogens with one attached hydrogen (secondary N) is 2. The molecule has 26 heavy (non-hydrogen) atoms. The number of carbonyl (C=O) groups excluding carboxylic acids is 2. The molecular weight excluding hydrogens is 354 g/mol. The van der Waals surface area contributed by atoms with Gasteiger partial charge in [0.15, 0.2) is 11.5 Å². The normalized spacial score (nSPS) is 15.9. The van der Waals surface area contributed by atoms with E-state index in [1.165, 1.54) is 30.5 Å². The molecule has 0 radical (unpaired) electrons. The number of methoxy groups -OCH3 is 2. The summed E-state index contributed by atoms with van der Waals surface area (Å²) >= 11 is 1.41. The highest BCUT2D eigenvalue weighted by atomic mass is 32.1. The van der Waals surface area contributed by atoms with Gasteiger partial charge in [0, 0.05) is 6.42 Å². The van der Waals surface area contributed by atoms with Crippen molar-refractivity contribution < 1.29 is 24.0 Å². The van der Waals surface area contributed by atoms with Gasteiger partial charge in [0.25, 0.3) is 11.8 Å². The number of hydrogen-bond donors (Lipinski definition) is 3. The predicted molar refractivity (Wildman–Crippen MR) is 99.5 cm³/mol. The lowest BCUT2D eigenvalue weighted by atomic mass is 10.0. The zero-order chi connectivity index (χ0) is 18.8. The number of fused-ring (bicyclic) bond motifs is 1. The summed E-state index contributed by atoms with van der Waals surface area (Å²) in [6.45, 7) is 1.75. The van der Waals surface area contributed by atoms with Crippen LogP contribution in [-0.2, 0) is 13.0 Å². The fourth-order valence-electron chi connectivity index (χ4n) is 3.21. The van der Waals surface area contributed by atoms with Crippen LogP contribution in [0.5, 0.6) is 11.5 Å². The number of para-hydroxylation sites is 1. The molecule has 1 atom stereocenters. The zero-order valence-corrected chi connectivity index (χ0v) is 15.8. The Labute approximate surface area is 155 Å². The van der Waals surface area contributed by atoms with Crippen LogP contribution in [0.4, 0.5) is 5.00 Å². The number of benzene rings is 1. The van der Waals surface area contributed by atoms with Crippen molar-refractivity contribution in [2.75, 3.05) is 33.1 Å². The summed E-state index contributed by atoms with van der Waals surface area (Å²) in [6.07, 6.45) is 0.772. The van der Waals surface area contributed by atoms with E-state index in [1.807, 2.05) is 0 Å². The minimum absolute atomic E-state index is 0.330. The molecule has 1 aromatic heterocycles. The molecule has 7 nitrogen and oxygen atoms in total. The maximum atomic E-state index is 12.8. The Morgan fingerprint density at radius 3 is 2.69 bits per heavy atom. The fraction of sp³-hybridized carbons (Fsp3) is 0.333. The Kier molecular flexibility index (Phi) is 5.15. The average Bonchev–Trinajstić information content (AvgIpc) is 2.97. The van der Waals surface area contributed by atoms with Crippen LogP contribution in [-0.4, -0.2) is 39.6 Å². The summed E-state index contributed by atoms with van der Waals surface area (Å²) in [6, 6.07) is 5.07. The Morgan fingerprint density at radius 1 is 1.27 bits per heavy atom. The van der Waals surface area contributed by atoms with E-state index >= 15 is 0 Å². The summed E-state index contributed by atoms with van der Waals surface area (Å²) < 4.78 is 10.6. The van der Waals surface area contributed by atoms with Gasteiger partial charge >= 0.3 is 0 Å². The molecule has 3 rings (SSSR count). The van der Waals surface area contributed by atoms with E-state index < -0.39 is 5.91 Å². The van der Waals surface area contributed by atoms with Crippen LogP contribution in [0.2, 0.25) is 0 Å². The largest absolute Gasteiger partial charge is 0.493 e. The Hall–Kier alpha value is -2.58. The fourth-order valence-corrected chi connectivity index (χ4v) is 4.57. The molecule has 2 aromatic rings. The SMILES string of the molecule is COc1cccc(C(=O)Nc2sc3c(c2C(N)=O)CC[NH+](C)C3)c1OC. The van der Waals surface area contributed by atoms with Crippen molar-refractivity contribution in [2.45, 2.75) is 13.0 Å². The van der Waals surface area contributed by atoms with Gasteiger partial charge < -0.3 is 25.4 Å². The maximum absolute atomic E-state index is 12.8. The van der Waals surface area contributed by atoms with Crippen molar-refractivity contribution >= 4 is 28.2 Å². The van der Waals surface area contributed by atoms with Crippen LogP contribution < -0.4 is 25.4 Å². The van der Waals surface area contributed by atoms with Crippen LogP contribution in [0.1, 0.15) is 31.2 Å². The van der Waals surface area contributed by atoms with Gasteiger partial charge in [-0.1, -0.05) is 6.07 Å². The van der Waals surface area contributed by atoms with E-state index in [9.17, 15) is 9.59 Å². The number of carbonyl (C=O) groups is 2. The van der Waals surface area contributed by atoms with E-state index in [2.05, 4.69) is 12.4 Å². The van der Waals surface area contributed by atoms with Crippen molar-refractivity contribution in [2.24, 2.45) is 5.73 Å². The third kappa shape index (κ3) is 3.25. The van der Waals surface area contributed by atoms with Gasteiger partial charge in [0.1, 0.15) is 11.5 Å². The maximum Gasteiger partial charge on any atom is 0.260 e. The van der Waals surface area contributed by atoms with E-state index in [0.29, 0.717) is 27.6 Å². The predicted octanol–water partition coefficient (Wildman–Crippen LogP) is 0.687. The second kappa shape index (κ2) is 7.35. The molecule has 2 heterocycles. The number of hydrogen-bond acceptors (Lipinski definition) is 5. The van der Waals surface area contributed by atoms with Gasteiger partial charge in [-0.3, -0.25) is 9.59 Å². The van der Waals surface area contributed by atoms with Gasteiger partial charge in [0.2, 0.25) is 0 Å². The van der Waals surface area contributed by atoms with Crippen LogP contribution >= 0.6 is 11.3 Å². The van der Waals surface area contributed by atoms with E-state index in [4.69, 9.17) is 15.2 Å². The van der Waals surface area contributed by atoms with Gasteiger partial charge in [-0.2, -0.15) is 0 Å². The van der Waals surface area contributed by atoms with Gasteiger partial charge in [-0.25, -0.2) is 0 Å². The molecule has 0 fully saturated rings. The summed E-state index contributed by atoms with van der Waals surface area (Å²) in [7, 11) is 5.09. The van der Waals surface area contributed by atoms with Crippen molar-refractivity contribution in [3.63, 3.8) is 0 Å². The lowest BCUT2D eigenvalue weighted by molar-refractivity contribution is -0.895. The van der Waals surface area contributed by atoms with Crippen molar-refractivity contribution in [1.29, 1.82) is 0 Å². The molecule has 0 saturated heterocycles. The number of likely N-dealkylation sites (N-methyl/N-ethyl adjacent to an activating group) is 1. The first-order valence-corrected chi connectivity index (χ1v) is 9.05. The topological polar surface area (TPSA) is 95.1 Å². The zero-order valence-electron chi connectivity index (χ0n) is 15.0. The van der Waals surface area contributed by atoms with Gasteiger partial charge in [-0.15, -0.1) is 11.3 Å². The van der Waals surface area contributed by atoms with Gasteiger partial charge in [0.05, 0.1) is 43.8 Å². The van der Waals surface area contributed by atoms with Crippen molar-refractivity contribution in [1.82, 2.24) is 0 Å². The van der Waals surface area contributed by atoms with Crippen LogP contribution in [0.3, 0.4) is 0 Å². The molecule has 1 aliphatic heterocycles. The van der Waals surface area contributed by atoms with E-state index in [0.717, 1.165) is 30.0 Å². The molecule has 1 aliphatic rings. The van der Waals surface area contributed by atoms with E-state index in [1.54, 1.807) is 18.2 Å². The summed E-state index contributed by atoms with van der Waals surface area (Å²) in [4.78, 5) is 27.3. The molecule has 4 N–H and O–H groups in total. The Balaban J connectivity index is 1.97. The standard InChI is InChI=1S/C18H21N3O4S/c1-21-8-7-10-13(9-21)26-18(14(10)16(19)22)20-17(23)11-5-4-6-12(24-2)15(11)25-3/h4-6H,7-9H2,1-3H3,(H2,19,22)(H,20,23)/p+1. The second-order valence-corrected chi connectivity index (χ2v) is 7.31. The molecule has 0 spiro atoms. The molecule has 1 unspecified atom stereocenters. The first-order valence-electron chi connectivity index (χ1n) is 8.24. The van der Waals surface area contributed by atoms with E-state index in [-0.39, 0.29) is 5.91 Å². The third-order valence-corrected chi connectivity index (χ3v) is 5.62. The highest BCUT2D eigenvalue weighted by Crippen LogP contribution is 2.36. The molecule has 8 heteroatoms.